The first kappa shape index (κ1) is 32.8. The van der Waals surface area contributed by atoms with Crippen molar-refractivity contribution in [1.29, 1.82) is 0 Å². The molecular formula is C27H29N2O14P. The number of nitrogens with one attached hydrogen (secondary N) is 1. The zero-order valence-corrected chi connectivity index (χ0v) is 24.0. The summed E-state index contributed by atoms with van der Waals surface area (Å²) < 4.78 is 49.6. The summed E-state index contributed by atoms with van der Waals surface area (Å²) in [5.74, 6) is -0.223. The highest BCUT2D eigenvalue weighted by molar-refractivity contribution is 7.60. The van der Waals surface area contributed by atoms with Gasteiger partial charge in [-0.25, -0.2) is 15.5 Å². The van der Waals surface area contributed by atoms with Gasteiger partial charge in [0.05, 0.1) is 55.8 Å². The van der Waals surface area contributed by atoms with Crippen molar-refractivity contribution in [2.75, 3.05) is 51.7 Å². The predicted molar refractivity (Wildman–Crippen MR) is 151 cm³/mol. The lowest BCUT2D eigenvalue weighted by atomic mass is 10.2. The SMILES string of the molecule is O=C(OCCOCCOCC1OP1(=O)OCCO)c1cc(Oc2ccc(NOO)cc2)cc(Oc2ccc([N+](=O)[O-])cc2)c1. The van der Waals surface area contributed by atoms with Crippen LogP contribution in [-0.2, 0) is 32.8 Å². The van der Waals surface area contributed by atoms with Crippen molar-refractivity contribution in [3.63, 3.8) is 0 Å². The van der Waals surface area contributed by atoms with E-state index in [0.717, 1.165) is 0 Å². The third-order valence-electron chi connectivity index (χ3n) is 5.68. The highest BCUT2D eigenvalue weighted by atomic mass is 31.2. The molecule has 0 spiro atoms. The molecule has 2 unspecified atom stereocenters. The molecule has 1 fully saturated rings. The van der Waals surface area contributed by atoms with E-state index in [1.165, 1.54) is 42.5 Å². The van der Waals surface area contributed by atoms with E-state index in [1.54, 1.807) is 24.3 Å². The molecule has 3 N–H and O–H groups in total. The van der Waals surface area contributed by atoms with E-state index >= 15 is 0 Å². The topological polar surface area (TPSA) is 207 Å². The Morgan fingerprint density at radius 1 is 0.886 bits per heavy atom. The van der Waals surface area contributed by atoms with Crippen LogP contribution in [-0.4, -0.2) is 73.3 Å². The van der Waals surface area contributed by atoms with Gasteiger partial charge >= 0.3 is 13.6 Å². The predicted octanol–water partition coefficient (Wildman–Crippen LogP) is 4.74. The Hall–Kier alpha value is -4.12. The summed E-state index contributed by atoms with van der Waals surface area (Å²) in [7, 11) is -3.15. The minimum Gasteiger partial charge on any atom is -0.460 e. The summed E-state index contributed by atoms with van der Waals surface area (Å²) in [5.41, 5.74) is 2.71. The fourth-order valence-electron chi connectivity index (χ4n) is 3.59. The third kappa shape index (κ3) is 9.97. The number of carbonyl (C=O) groups excluding carboxylic acids is 1. The Kier molecular flexibility index (Phi) is 12.0. The monoisotopic (exact) mass is 636 g/mol. The number of nitrogens with zero attached hydrogens (tertiary/aromatic N) is 1. The van der Waals surface area contributed by atoms with Crippen molar-refractivity contribution < 1.29 is 62.4 Å². The normalized spacial score (nSPS) is 17.1. The number of nitro benzene ring substituents is 1. The number of aliphatic hydroxyl groups is 1. The fraction of sp³-hybridized carbons (Fsp3) is 0.296. The van der Waals surface area contributed by atoms with Crippen LogP contribution >= 0.6 is 7.60 Å². The van der Waals surface area contributed by atoms with Crippen LogP contribution in [0.4, 0.5) is 11.4 Å². The summed E-state index contributed by atoms with van der Waals surface area (Å²) >= 11 is 0. The maximum Gasteiger partial charge on any atom is 0.363 e. The molecule has 1 aliphatic heterocycles. The summed E-state index contributed by atoms with van der Waals surface area (Å²) in [5, 5.41) is 28.2. The zero-order valence-electron chi connectivity index (χ0n) is 23.1. The molecule has 3 aromatic rings. The average molecular weight is 637 g/mol. The second kappa shape index (κ2) is 16.1. The summed E-state index contributed by atoms with van der Waals surface area (Å²) in [6, 6.07) is 16.1. The quantitative estimate of drug-likeness (QED) is 0.0309. The summed E-state index contributed by atoms with van der Waals surface area (Å²) in [4.78, 5) is 27.1. The van der Waals surface area contributed by atoms with Crippen molar-refractivity contribution in [2.45, 2.75) is 5.85 Å². The third-order valence-corrected chi connectivity index (χ3v) is 7.53. The molecule has 0 bridgehead atoms. The lowest BCUT2D eigenvalue weighted by Gasteiger charge is -2.13. The number of rotatable bonds is 19. The lowest BCUT2D eigenvalue weighted by Crippen LogP contribution is -2.14. The van der Waals surface area contributed by atoms with Gasteiger partial charge in [-0.15, -0.1) is 4.99 Å². The van der Waals surface area contributed by atoms with Gasteiger partial charge in [0.25, 0.3) is 5.69 Å². The van der Waals surface area contributed by atoms with E-state index in [4.69, 9.17) is 43.1 Å². The largest absolute Gasteiger partial charge is 0.460 e. The highest BCUT2D eigenvalue weighted by Crippen LogP contribution is 2.70. The molecule has 16 nitrogen and oxygen atoms in total. The van der Waals surface area contributed by atoms with Crippen molar-refractivity contribution in [3.05, 3.63) is 82.4 Å². The summed E-state index contributed by atoms with van der Waals surface area (Å²) in [6.07, 6.45) is 0. The number of esters is 1. The van der Waals surface area contributed by atoms with Crippen LogP contribution in [0.3, 0.4) is 0 Å². The minimum atomic E-state index is -3.15. The van der Waals surface area contributed by atoms with E-state index in [-0.39, 0.29) is 74.7 Å². The number of hydrogen-bond donors (Lipinski definition) is 3. The van der Waals surface area contributed by atoms with Crippen LogP contribution in [0.15, 0.2) is 66.7 Å². The number of hydrogen-bond acceptors (Lipinski definition) is 15. The van der Waals surface area contributed by atoms with E-state index in [2.05, 4.69) is 10.5 Å². The van der Waals surface area contributed by atoms with Crippen molar-refractivity contribution >= 4 is 24.9 Å². The van der Waals surface area contributed by atoms with E-state index in [0.29, 0.717) is 11.4 Å². The van der Waals surface area contributed by atoms with E-state index in [9.17, 15) is 19.5 Å². The van der Waals surface area contributed by atoms with Crippen LogP contribution in [0, 0.1) is 10.1 Å². The molecule has 44 heavy (non-hydrogen) atoms. The molecule has 1 saturated heterocycles. The average Bonchev–Trinajstić information content (AvgIpc) is 3.67. The van der Waals surface area contributed by atoms with Crippen LogP contribution in [0.2, 0.25) is 0 Å². The van der Waals surface area contributed by atoms with Gasteiger partial charge in [-0.3, -0.25) is 19.2 Å². The Labute approximate surface area is 250 Å². The Bertz CT molecular complexity index is 1440. The Morgan fingerprint density at radius 2 is 1.50 bits per heavy atom. The lowest BCUT2D eigenvalue weighted by molar-refractivity contribution is -0.384. The maximum atomic E-state index is 12.8. The first-order chi connectivity index (χ1) is 21.3. The van der Waals surface area contributed by atoms with Gasteiger partial charge in [0.15, 0.2) is 5.85 Å². The fourth-order valence-corrected chi connectivity index (χ4v) is 5.01. The van der Waals surface area contributed by atoms with E-state index in [1.807, 2.05) is 0 Å². The molecule has 0 aliphatic carbocycles. The molecular weight excluding hydrogens is 607 g/mol. The Balaban J connectivity index is 1.30. The van der Waals surface area contributed by atoms with Gasteiger partial charge in [-0.1, -0.05) is 0 Å². The second-order valence-electron chi connectivity index (χ2n) is 8.85. The number of benzene rings is 3. The van der Waals surface area contributed by atoms with Crippen LogP contribution in [0.5, 0.6) is 23.0 Å². The van der Waals surface area contributed by atoms with E-state index < -0.39 is 24.3 Å². The van der Waals surface area contributed by atoms with Gasteiger partial charge in [-0.05, 0) is 48.5 Å². The number of nitro groups is 1. The molecule has 0 radical (unpaired) electrons. The van der Waals surface area contributed by atoms with Gasteiger partial charge in [0.2, 0.25) is 0 Å². The molecule has 236 valence electrons. The van der Waals surface area contributed by atoms with Crippen LogP contribution in [0.25, 0.3) is 0 Å². The van der Waals surface area contributed by atoms with Crippen molar-refractivity contribution in [2.24, 2.45) is 0 Å². The minimum absolute atomic E-state index is 0.0574. The number of carbonyl (C=O) groups is 1. The molecule has 3 aromatic carbocycles. The first-order valence-corrected chi connectivity index (χ1v) is 14.7. The molecule has 4 rings (SSSR count). The summed E-state index contributed by atoms with van der Waals surface area (Å²) in [6.45, 7) is 0.0947. The van der Waals surface area contributed by atoms with Gasteiger partial charge in [0.1, 0.15) is 29.6 Å². The molecule has 0 amide bonds. The van der Waals surface area contributed by atoms with Gasteiger partial charge in [-0.2, -0.15) is 0 Å². The number of non-ortho nitro benzene ring substituents is 1. The molecule has 1 aliphatic rings. The smallest absolute Gasteiger partial charge is 0.363 e. The molecule has 1 heterocycles. The number of anilines is 1. The van der Waals surface area contributed by atoms with Crippen molar-refractivity contribution in [1.82, 2.24) is 0 Å². The molecule has 0 aromatic heterocycles. The van der Waals surface area contributed by atoms with Crippen LogP contribution < -0.4 is 15.0 Å². The number of aliphatic hydroxyl groups excluding tert-OH is 1. The van der Waals surface area contributed by atoms with Crippen molar-refractivity contribution in [3.8, 4) is 23.0 Å². The standard InChI is InChI=1S/C27H29N2O14P/c30-9-10-39-44(35)26(42-44)18-37-12-11-36-13-14-38-27(31)19-15-24(40-22-5-1-20(2-6-22)28-43-34)17-25(16-19)41-23-7-3-21(4-8-23)29(32)33/h1-8,15-17,26,28,30,34H,9-14,18H2. The Morgan fingerprint density at radius 3 is 2.11 bits per heavy atom. The first-order valence-electron chi connectivity index (χ1n) is 13.1. The molecule has 2 atom stereocenters. The zero-order chi connectivity index (χ0) is 31.4. The second-order valence-corrected chi connectivity index (χ2v) is 11.0. The molecule has 0 saturated carbocycles. The van der Waals surface area contributed by atoms with Gasteiger partial charge in [0, 0.05) is 18.2 Å². The highest BCUT2D eigenvalue weighted by Gasteiger charge is 2.54. The van der Waals surface area contributed by atoms with Gasteiger partial charge < -0.3 is 33.3 Å². The molecule has 17 heteroatoms. The van der Waals surface area contributed by atoms with Crippen LogP contribution in [0.1, 0.15) is 10.4 Å². The number of ether oxygens (including phenoxy) is 5. The maximum absolute atomic E-state index is 12.8.